The second-order valence-corrected chi connectivity index (χ2v) is 7.99. The summed E-state index contributed by atoms with van der Waals surface area (Å²) in [5.41, 5.74) is 3.20. The van der Waals surface area contributed by atoms with Gasteiger partial charge in [-0.1, -0.05) is 34.5 Å². The van der Waals surface area contributed by atoms with E-state index in [0.29, 0.717) is 0 Å². The van der Waals surface area contributed by atoms with E-state index in [9.17, 15) is 0 Å². The fourth-order valence-corrected chi connectivity index (χ4v) is 5.51. The lowest BCUT2D eigenvalue weighted by Crippen LogP contribution is -2.43. The third-order valence-corrected chi connectivity index (χ3v) is 6.59. The Balaban J connectivity index is 0.000000753. The van der Waals surface area contributed by atoms with Gasteiger partial charge >= 0.3 is 0 Å². The first-order valence-electron chi connectivity index (χ1n) is 8.33. The average Bonchev–Trinajstić information content (AvgIpc) is 3.31. The van der Waals surface area contributed by atoms with Crippen molar-refractivity contribution in [2.75, 3.05) is 18.9 Å². The quantitative estimate of drug-likeness (QED) is 0.528. The van der Waals surface area contributed by atoms with Crippen molar-refractivity contribution in [3.05, 3.63) is 50.4 Å². The van der Waals surface area contributed by atoms with Crippen LogP contribution in [0, 0.1) is 0 Å². The van der Waals surface area contributed by atoms with Gasteiger partial charge in [-0.05, 0) is 66.5 Å². The first-order valence-corrected chi connectivity index (χ1v) is 11.7. The Morgan fingerprint density at radius 3 is 2.35 bits per heavy atom. The summed E-state index contributed by atoms with van der Waals surface area (Å²) in [4.78, 5) is 5.63. The molecule has 4 rings (SSSR count). The molecule has 0 amide bonds. The molecular weight excluding hydrogens is 386 g/mol. The number of halogens is 1. The Morgan fingerprint density at radius 1 is 1.04 bits per heavy atom. The molecule has 2 saturated heterocycles. The van der Waals surface area contributed by atoms with Crippen molar-refractivity contribution in [3.63, 3.8) is 0 Å². The highest BCUT2D eigenvalue weighted by molar-refractivity contribution is 9.08. The fourth-order valence-electron chi connectivity index (χ4n) is 3.78. The van der Waals surface area contributed by atoms with E-state index in [1.54, 1.807) is 5.57 Å². The largest absolute Gasteiger partial charge is 0.296 e. The molecule has 2 fully saturated rings. The molecule has 0 aliphatic carbocycles. The molecule has 4 heteroatoms. The minimum absolute atomic E-state index is 0.857. The molecule has 0 aromatic carbocycles. The summed E-state index contributed by atoms with van der Waals surface area (Å²) in [7, 11) is 0. The van der Waals surface area contributed by atoms with E-state index in [0.717, 1.165) is 6.04 Å². The summed E-state index contributed by atoms with van der Waals surface area (Å²) < 4.78 is 0. The number of fused-ring (bicyclic) bond motifs is 1. The van der Waals surface area contributed by atoms with Crippen molar-refractivity contribution in [3.8, 4) is 0 Å². The van der Waals surface area contributed by atoms with Gasteiger partial charge in [0.05, 0.1) is 0 Å². The molecule has 1 nitrogen and oxygen atoms in total. The van der Waals surface area contributed by atoms with Gasteiger partial charge in [0.15, 0.2) is 0 Å². The van der Waals surface area contributed by atoms with Crippen molar-refractivity contribution in [2.45, 2.75) is 38.1 Å². The van der Waals surface area contributed by atoms with Crippen LogP contribution in [0.5, 0.6) is 0 Å². The molecule has 4 heterocycles. The van der Waals surface area contributed by atoms with Gasteiger partial charge in [0, 0.05) is 27.9 Å². The summed E-state index contributed by atoms with van der Waals surface area (Å²) in [6.45, 7) is 2.49. The number of alkyl halides is 1. The Labute approximate surface area is 156 Å². The molecule has 0 N–H and O–H groups in total. The molecule has 0 bridgehead atoms. The van der Waals surface area contributed by atoms with Crippen LogP contribution in [0.2, 0.25) is 0 Å². The molecule has 0 saturated carbocycles. The van der Waals surface area contributed by atoms with Gasteiger partial charge in [-0.25, -0.2) is 0 Å². The number of hydrogen-bond acceptors (Lipinski definition) is 3. The summed E-state index contributed by atoms with van der Waals surface area (Å²) in [6, 6.07) is 9.79. The number of rotatable bonds is 2. The standard InChI is InChI=1S/C18H21NS2.CH3Br/c1-2-10-19-13-14(8-9-15(19)5-1)18(16-6-3-11-20-16)17-7-4-12-21-17;1-2/h3-4,6-7,11-12,15H,1-2,5,8-10,13H2;1H3. The molecule has 124 valence electrons. The molecule has 2 aliphatic rings. The normalized spacial score (nSPS) is 21.3. The van der Waals surface area contributed by atoms with Gasteiger partial charge in [0.1, 0.15) is 0 Å². The lowest BCUT2D eigenvalue weighted by atomic mass is 9.88. The molecule has 1 unspecified atom stereocenters. The summed E-state index contributed by atoms with van der Waals surface area (Å²) in [5.74, 6) is 1.81. The highest BCUT2D eigenvalue weighted by Crippen LogP contribution is 2.38. The molecule has 0 radical (unpaired) electrons. The van der Waals surface area contributed by atoms with Crippen LogP contribution in [0.25, 0.3) is 5.57 Å². The minimum Gasteiger partial charge on any atom is -0.296 e. The highest BCUT2D eigenvalue weighted by atomic mass is 79.9. The van der Waals surface area contributed by atoms with E-state index in [1.807, 2.05) is 28.5 Å². The van der Waals surface area contributed by atoms with Crippen LogP contribution in [0.15, 0.2) is 40.6 Å². The topological polar surface area (TPSA) is 3.24 Å². The lowest BCUT2D eigenvalue weighted by molar-refractivity contribution is 0.133. The van der Waals surface area contributed by atoms with E-state index >= 15 is 0 Å². The summed E-state index contributed by atoms with van der Waals surface area (Å²) in [6.07, 6.45) is 6.88. The average molecular weight is 410 g/mol. The Morgan fingerprint density at radius 2 is 1.74 bits per heavy atom. The predicted molar refractivity (Wildman–Crippen MR) is 108 cm³/mol. The van der Waals surface area contributed by atoms with Crippen molar-refractivity contribution in [2.24, 2.45) is 0 Å². The maximum Gasteiger partial charge on any atom is 0.0356 e. The van der Waals surface area contributed by atoms with Crippen molar-refractivity contribution < 1.29 is 0 Å². The fraction of sp³-hybridized carbons (Fsp3) is 0.474. The zero-order valence-electron chi connectivity index (χ0n) is 13.6. The van der Waals surface area contributed by atoms with Crippen LogP contribution in [0.3, 0.4) is 0 Å². The number of hydrogen-bond donors (Lipinski definition) is 0. The lowest BCUT2D eigenvalue weighted by Gasteiger charge is -2.41. The minimum atomic E-state index is 0.857. The summed E-state index contributed by atoms with van der Waals surface area (Å²) in [5, 5.41) is 4.41. The third kappa shape index (κ3) is 3.98. The van der Waals surface area contributed by atoms with Crippen LogP contribution >= 0.6 is 38.6 Å². The third-order valence-electron chi connectivity index (χ3n) is 4.81. The van der Waals surface area contributed by atoms with E-state index in [1.165, 1.54) is 60.5 Å². The van der Waals surface area contributed by atoms with Gasteiger partial charge < -0.3 is 0 Å². The second kappa shape index (κ2) is 8.61. The molecule has 0 spiro atoms. The zero-order chi connectivity index (χ0) is 16.1. The van der Waals surface area contributed by atoms with Gasteiger partial charge in [0.25, 0.3) is 0 Å². The number of nitrogens with zero attached hydrogens (tertiary/aromatic N) is 1. The highest BCUT2D eigenvalue weighted by Gasteiger charge is 2.29. The molecule has 23 heavy (non-hydrogen) atoms. The SMILES string of the molecule is CBr.c1csc(C(=C2CCC3CCCCN3C2)c2cccs2)c1. The van der Waals surface area contributed by atoms with Crippen LogP contribution in [0.4, 0.5) is 0 Å². The van der Waals surface area contributed by atoms with E-state index in [4.69, 9.17) is 0 Å². The Bertz CT molecular complexity index is 580. The Hall–Kier alpha value is -0.420. The zero-order valence-corrected chi connectivity index (χ0v) is 16.9. The first kappa shape index (κ1) is 17.4. The second-order valence-electron chi connectivity index (χ2n) is 6.09. The van der Waals surface area contributed by atoms with Crippen LogP contribution in [0.1, 0.15) is 41.9 Å². The van der Waals surface area contributed by atoms with Crippen molar-refractivity contribution in [1.82, 2.24) is 4.90 Å². The monoisotopic (exact) mass is 409 g/mol. The molecule has 2 aliphatic heterocycles. The predicted octanol–water partition coefficient (Wildman–Crippen LogP) is 6.27. The van der Waals surface area contributed by atoms with E-state index < -0.39 is 0 Å². The van der Waals surface area contributed by atoms with Gasteiger partial charge in [-0.3, -0.25) is 4.90 Å². The maximum absolute atomic E-state index is 2.94. The van der Waals surface area contributed by atoms with Crippen LogP contribution in [-0.4, -0.2) is 29.9 Å². The van der Waals surface area contributed by atoms with E-state index in [-0.39, 0.29) is 0 Å². The molecule has 2 aromatic heterocycles. The molecular formula is C19H24BrNS2. The van der Waals surface area contributed by atoms with E-state index in [2.05, 4.69) is 55.9 Å². The van der Waals surface area contributed by atoms with Crippen molar-refractivity contribution in [1.29, 1.82) is 0 Å². The number of piperidine rings is 2. The smallest absolute Gasteiger partial charge is 0.0356 e. The van der Waals surface area contributed by atoms with Crippen molar-refractivity contribution >= 4 is 44.2 Å². The van der Waals surface area contributed by atoms with Gasteiger partial charge in [-0.15, -0.1) is 22.7 Å². The number of thiophene rings is 2. The van der Waals surface area contributed by atoms with Gasteiger partial charge in [-0.2, -0.15) is 0 Å². The first-order chi connectivity index (χ1) is 11.4. The van der Waals surface area contributed by atoms with Crippen LogP contribution in [-0.2, 0) is 0 Å². The Kier molecular flexibility index (Phi) is 6.52. The molecule has 2 aromatic rings. The summed E-state index contributed by atoms with van der Waals surface area (Å²) >= 11 is 6.70. The van der Waals surface area contributed by atoms with Crippen LogP contribution < -0.4 is 0 Å². The van der Waals surface area contributed by atoms with Gasteiger partial charge in [0.2, 0.25) is 0 Å². The molecule has 1 atom stereocenters. The maximum atomic E-state index is 2.94.